The number of ether oxygens (including phenoxy) is 3. The minimum absolute atomic E-state index is 0.0429. The first kappa shape index (κ1) is 24.7. The van der Waals surface area contributed by atoms with Crippen molar-refractivity contribution in [2.24, 2.45) is 10.9 Å². The number of methoxy groups -OCH3 is 1. The number of ketones is 1. The van der Waals surface area contributed by atoms with Crippen LogP contribution in [0.2, 0.25) is 0 Å². The molecule has 0 saturated heterocycles. The van der Waals surface area contributed by atoms with Gasteiger partial charge in [0.05, 0.1) is 31.3 Å². The molecule has 0 N–H and O–H groups in total. The highest BCUT2D eigenvalue weighted by atomic mass is 16.5. The summed E-state index contributed by atoms with van der Waals surface area (Å²) in [5.41, 5.74) is 3.89. The number of hydrogen-bond acceptors (Lipinski definition) is 6. The van der Waals surface area contributed by atoms with E-state index in [-0.39, 0.29) is 17.8 Å². The average Bonchev–Trinajstić information content (AvgIpc) is 2.83. The van der Waals surface area contributed by atoms with Crippen LogP contribution in [0, 0.1) is 5.92 Å². The maximum atomic E-state index is 13.7. The standard InChI is InChI=1S/C29H33NO5/c1-6-34-23-13-9-20(10-14-23)27-26(29(32)35-17(2)3)18(4)30-24-15-21(16-25(31)28(24)27)19-7-11-22(33-5)12-8-19/h7-14,17,21,27-28H,6,15-16H2,1-5H3/t21-,27+,28?/m1/s1. The topological polar surface area (TPSA) is 74.2 Å². The monoisotopic (exact) mass is 475 g/mol. The molecule has 6 nitrogen and oxygen atoms in total. The Morgan fingerprint density at radius 3 is 2.20 bits per heavy atom. The summed E-state index contributed by atoms with van der Waals surface area (Å²) in [7, 11) is 1.64. The van der Waals surface area contributed by atoms with Crippen molar-refractivity contribution < 1.29 is 23.8 Å². The molecule has 0 amide bonds. The number of esters is 1. The van der Waals surface area contributed by atoms with Gasteiger partial charge in [0.1, 0.15) is 17.3 Å². The first-order valence-electron chi connectivity index (χ1n) is 12.2. The second-order valence-electron chi connectivity index (χ2n) is 9.36. The molecule has 6 heteroatoms. The van der Waals surface area contributed by atoms with Gasteiger partial charge < -0.3 is 14.2 Å². The van der Waals surface area contributed by atoms with Crippen molar-refractivity contribution in [2.75, 3.05) is 13.7 Å². The van der Waals surface area contributed by atoms with E-state index in [1.807, 2.05) is 76.2 Å². The summed E-state index contributed by atoms with van der Waals surface area (Å²) in [6.07, 6.45) is 0.797. The third-order valence-electron chi connectivity index (χ3n) is 6.65. The summed E-state index contributed by atoms with van der Waals surface area (Å²) in [6.45, 7) is 7.98. The van der Waals surface area contributed by atoms with Gasteiger partial charge in [0, 0.05) is 23.7 Å². The molecule has 184 valence electrons. The number of Topliss-reactive ketones (excluding diaryl/α,β-unsaturated/α-hetero) is 1. The van der Waals surface area contributed by atoms with Gasteiger partial charge in [-0.15, -0.1) is 0 Å². The van der Waals surface area contributed by atoms with E-state index in [9.17, 15) is 9.59 Å². The number of benzene rings is 2. The van der Waals surface area contributed by atoms with Crippen LogP contribution in [0.4, 0.5) is 0 Å². The molecule has 0 spiro atoms. The lowest BCUT2D eigenvalue weighted by Gasteiger charge is -2.38. The highest BCUT2D eigenvalue weighted by molar-refractivity contribution is 6.12. The number of fused-ring (bicyclic) bond motifs is 1. The Morgan fingerprint density at radius 1 is 0.971 bits per heavy atom. The summed E-state index contributed by atoms with van der Waals surface area (Å²) in [5.74, 6) is 0.339. The van der Waals surface area contributed by atoms with Crippen molar-refractivity contribution in [3.8, 4) is 11.5 Å². The Balaban J connectivity index is 1.74. The van der Waals surface area contributed by atoms with E-state index in [0.717, 1.165) is 28.3 Å². The SMILES string of the molecule is CCOc1ccc([C@H]2C(C(=O)OC(C)C)=C(C)N=C3C[C@@H](c4ccc(OC)cc4)CC(=O)C32)cc1. The number of carbonyl (C=O) groups excluding carboxylic acids is 2. The minimum atomic E-state index is -0.485. The number of aliphatic imine (C=N–C) groups is 1. The molecular formula is C29H33NO5. The van der Waals surface area contributed by atoms with Crippen LogP contribution in [0.25, 0.3) is 0 Å². The third-order valence-corrected chi connectivity index (χ3v) is 6.65. The molecule has 0 aromatic heterocycles. The Kier molecular flexibility index (Phi) is 7.39. The van der Waals surface area contributed by atoms with Gasteiger partial charge >= 0.3 is 5.97 Å². The summed E-state index contributed by atoms with van der Waals surface area (Å²) >= 11 is 0. The molecule has 3 atom stereocenters. The van der Waals surface area contributed by atoms with Gasteiger partial charge in [0.2, 0.25) is 0 Å². The van der Waals surface area contributed by atoms with E-state index in [4.69, 9.17) is 19.2 Å². The molecule has 0 radical (unpaired) electrons. The molecule has 1 unspecified atom stereocenters. The fourth-order valence-electron chi connectivity index (χ4n) is 5.13. The maximum Gasteiger partial charge on any atom is 0.336 e. The van der Waals surface area contributed by atoms with Crippen molar-refractivity contribution in [3.63, 3.8) is 0 Å². The summed E-state index contributed by atoms with van der Waals surface area (Å²) < 4.78 is 16.5. The van der Waals surface area contributed by atoms with Crippen molar-refractivity contribution in [2.45, 2.75) is 58.5 Å². The van der Waals surface area contributed by atoms with Crippen molar-refractivity contribution in [3.05, 3.63) is 70.9 Å². The second-order valence-corrected chi connectivity index (χ2v) is 9.36. The lowest BCUT2D eigenvalue weighted by molar-refractivity contribution is -0.143. The molecule has 2 aromatic rings. The smallest absolute Gasteiger partial charge is 0.336 e. The largest absolute Gasteiger partial charge is 0.497 e. The fraction of sp³-hybridized carbons (Fsp3) is 0.414. The molecule has 1 saturated carbocycles. The van der Waals surface area contributed by atoms with Crippen molar-refractivity contribution in [1.82, 2.24) is 0 Å². The molecule has 4 rings (SSSR count). The quantitative estimate of drug-likeness (QED) is 0.486. The minimum Gasteiger partial charge on any atom is -0.497 e. The van der Waals surface area contributed by atoms with Gasteiger partial charge in [-0.1, -0.05) is 24.3 Å². The lowest BCUT2D eigenvalue weighted by atomic mass is 9.66. The molecular weight excluding hydrogens is 442 g/mol. The Hall–Kier alpha value is -3.41. The molecule has 0 bridgehead atoms. The normalized spacial score (nSPS) is 21.9. The predicted octanol–water partition coefficient (Wildman–Crippen LogP) is 5.62. The van der Waals surface area contributed by atoms with Gasteiger partial charge in [0.15, 0.2) is 0 Å². The highest BCUT2D eigenvalue weighted by Crippen LogP contribution is 2.46. The predicted molar refractivity (Wildman–Crippen MR) is 135 cm³/mol. The van der Waals surface area contributed by atoms with Crippen molar-refractivity contribution in [1.29, 1.82) is 0 Å². The van der Waals surface area contributed by atoms with Crippen LogP contribution in [0.5, 0.6) is 11.5 Å². The number of hydrogen-bond donors (Lipinski definition) is 0. The number of carbonyl (C=O) groups is 2. The zero-order valence-corrected chi connectivity index (χ0v) is 21.0. The molecule has 1 heterocycles. The summed E-state index contributed by atoms with van der Waals surface area (Å²) in [6, 6.07) is 15.5. The fourth-order valence-corrected chi connectivity index (χ4v) is 5.13. The molecule has 2 aromatic carbocycles. The summed E-state index contributed by atoms with van der Waals surface area (Å²) in [4.78, 5) is 31.7. The van der Waals surface area contributed by atoms with Gasteiger partial charge in [-0.2, -0.15) is 0 Å². The highest BCUT2D eigenvalue weighted by Gasteiger charge is 2.46. The van der Waals surface area contributed by atoms with Crippen LogP contribution >= 0.6 is 0 Å². The Bertz CT molecular complexity index is 1140. The zero-order chi connectivity index (χ0) is 25.1. The van der Waals surface area contributed by atoms with Crippen LogP contribution in [-0.4, -0.2) is 37.3 Å². The van der Waals surface area contributed by atoms with Gasteiger partial charge in [0.25, 0.3) is 0 Å². The van der Waals surface area contributed by atoms with Gasteiger partial charge in [-0.3, -0.25) is 9.79 Å². The number of nitrogens with zero attached hydrogens (tertiary/aromatic N) is 1. The molecule has 1 aliphatic carbocycles. The second kappa shape index (κ2) is 10.5. The number of rotatable bonds is 7. The van der Waals surface area contributed by atoms with Gasteiger partial charge in [-0.25, -0.2) is 4.79 Å². The van der Waals surface area contributed by atoms with Crippen molar-refractivity contribution >= 4 is 17.5 Å². The van der Waals surface area contributed by atoms with E-state index in [2.05, 4.69) is 0 Å². The Labute approximate surface area is 207 Å². The zero-order valence-electron chi connectivity index (χ0n) is 21.0. The molecule has 35 heavy (non-hydrogen) atoms. The van der Waals surface area contributed by atoms with E-state index >= 15 is 0 Å². The van der Waals surface area contributed by atoms with E-state index in [0.29, 0.717) is 30.7 Å². The average molecular weight is 476 g/mol. The first-order valence-corrected chi connectivity index (χ1v) is 12.2. The van der Waals surface area contributed by atoms with E-state index < -0.39 is 17.8 Å². The van der Waals surface area contributed by atoms with Crippen LogP contribution in [0.1, 0.15) is 63.5 Å². The number of allylic oxidation sites excluding steroid dienone is 1. The van der Waals surface area contributed by atoms with Crippen LogP contribution in [0.3, 0.4) is 0 Å². The third kappa shape index (κ3) is 5.16. The summed E-state index contributed by atoms with van der Waals surface area (Å²) in [5, 5.41) is 0. The maximum absolute atomic E-state index is 13.7. The Morgan fingerprint density at radius 2 is 1.60 bits per heavy atom. The van der Waals surface area contributed by atoms with Crippen LogP contribution in [0.15, 0.2) is 64.8 Å². The van der Waals surface area contributed by atoms with Crippen LogP contribution in [-0.2, 0) is 14.3 Å². The molecule has 2 aliphatic rings. The van der Waals surface area contributed by atoms with E-state index in [1.165, 1.54) is 0 Å². The molecule has 1 fully saturated rings. The van der Waals surface area contributed by atoms with E-state index in [1.54, 1.807) is 7.11 Å². The first-order chi connectivity index (χ1) is 16.8. The van der Waals surface area contributed by atoms with Crippen LogP contribution < -0.4 is 9.47 Å². The molecule has 1 aliphatic heterocycles. The van der Waals surface area contributed by atoms with Gasteiger partial charge in [-0.05, 0) is 75.4 Å². The lowest BCUT2D eigenvalue weighted by Crippen LogP contribution is -2.41.